The number of aliphatic hydroxyl groups is 1. The highest BCUT2D eigenvalue weighted by Gasteiger charge is 2.13. The molecular formula is C14H17FN2O2. The Morgan fingerprint density at radius 1 is 1.53 bits per heavy atom. The number of fused-ring (bicyclic) bond motifs is 1. The lowest BCUT2D eigenvalue weighted by Gasteiger charge is -2.12. The lowest BCUT2D eigenvalue weighted by molar-refractivity contribution is 0.0932. The molecule has 0 saturated carbocycles. The van der Waals surface area contributed by atoms with Crippen LogP contribution in [0, 0.1) is 5.82 Å². The highest BCUT2D eigenvalue weighted by Crippen LogP contribution is 2.18. The van der Waals surface area contributed by atoms with Gasteiger partial charge in [-0.25, -0.2) is 4.39 Å². The average Bonchev–Trinajstić information content (AvgIpc) is 2.82. The van der Waals surface area contributed by atoms with Gasteiger partial charge in [-0.15, -0.1) is 0 Å². The number of hydrogen-bond donors (Lipinski definition) is 3. The molecule has 2 rings (SSSR count). The highest BCUT2D eigenvalue weighted by molar-refractivity contribution is 5.98. The number of nitrogens with one attached hydrogen (secondary N) is 2. The van der Waals surface area contributed by atoms with Crippen LogP contribution in [0.4, 0.5) is 4.39 Å². The zero-order valence-corrected chi connectivity index (χ0v) is 10.7. The summed E-state index contributed by atoms with van der Waals surface area (Å²) in [6.07, 6.45) is 1.35. The third kappa shape index (κ3) is 3.12. The Balaban J connectivity index is 2.11. The minimum atomic E-state index is -0.346. The molecule has 0 aliphatic rings. The fourth-order valence-electron chi connectivity index (χ4n) is 2.01. The van der Waals surface area contributed by atoms with E-state index in [2.05, 4.69) is 10.3 Å². The fourth-order valence-corrected chi connectivity index (χ4v) is 2.01. The first kappa shape index (κ1) is 13.5. The maximum absolute atomic E-state index is 13.5. The van der Waals surface area contributed by atoms with Crippen molar-refractivity contribution in [1.29, 1.82) is 0 Å². The van der Waals surface area contributed by atoms with Crippen LogP contribution in [0.25, 0.3) is 10.9 Å². The molecule has 0 bridgehead atoms. The van der Waals surface area contributed by atoms with Crippen LogP contribution in [0.3, 0.4) is 0 Å². The summed E-state index contributed by atoms with van der Waals surface area (Å²) in [7, 11) is 0. The van der Waals surface area contributed by atoms with Gasteiger partial charge in [0.15, 0.2) is 0 Å². The minimum absolute atomic E-state index is 0.0316. The zero-order chi connectivity index (χ0) is 13.8. The maximum Gasteiger partial charge on any atom is 0.267 e. The molecule has 3 N–H and O–H groups in total. The van der Waals surface area contributed by atoms with Crippen molar-refractivity contribution in [2.45, 2.75) is 25.8 Å². The van der Waals surface area contributed by atoms with Crippen LogP contribution < -0.4 is 5.32 Å². The van der Waals surface area contributed by atoms with Gasteiger partial charge in [0.2, 0.25) is 0 Å². The summed E-state index contributed by atoms with van der Waals surface area (Å²) in [5, 5.41) is 12.0. The van der Waals surface area contributed by atoms with Crippen LogP contribution in [0.15, 0.2) is 24.3 Å². The minimum Gasteiger partial charge on any atom is -0.396 e. The monoisotopic (exact) mass is 264 g/mol. The number of halogens is 1. The molecule has 1 aromatic heterocycles. The van der Waals surface area contributed by atoms with Crippen LogP contribution in [0.2, 0.25) is 0 Å². The van der Waals surface area contributed by atoms with Crippen molar-refractivity contribution in [1.82, 2.24) is 10.3 Å². The third-order valence-corrected chi connectivity index (χ3v) is 3.03. The number of rotatable bonds is 5. The molecule has 19 heavy (non-hydrogen) atoms. The van der Waals surface area contributed by atoms with Gasteiger partial charge in [-0.05, 0) is 38.0 Å². The highest BCUT2D eigenvalue weighted by atomic mass is 19.1. The largest absolute Gasteiger partial charge is 0.396 e. The summed E-state index contributed by atoms with van der Waals surface area (Å²) in [6, 6.07) is 6.17. The van der Waals surface area contributed by atoms with E-state index in [1.807, 2.05) is 6.92 Å². The second-order valence-corrected chi connectivity index (χ2v) is 4.62. The molecule has 0 radical (unpaired) electrons. The number of H-pyrrole nitrogens is 1. The van der Waals surface area contributed by atoms with Crippen molar-refractivity contribution in [2.24, 2.45) is 0 Å². The van der Waals surface area contributed by atoms with E-state index < -0.39 is 0 Å². The predicted molar refractivity (Wildman–Crippen MR) is 71.5 cm³/mol. The molecule has 1 unspecified atom stereocenters. The first-order valence-corrected chi connectivity index (χ1v) is 6.30. The molecule has 4 nitrogen and oxygen atoms in total. The van der Waals surface area contributed by atoms with Crippen LogP contribution in [-0.4, -0.2) is 28.6 Å². The number of carbonyl (C=O) groups is 1. The Bertz CT molecular complexity index is 580. The van der Waals surface area contributed by atoms with E-state index in [1.54, 1.807) is 12.1 Å². The van der Waals surface area contributed by atoms with Crippen LogP contribution in [0.5, 0.6) is 0 Å². The molecule has 0 aliphatic heterocycles. The summed E-state index contributed by atoms with van der Waals surface area (Å²) in [5.74, 6) is -0.609. The molecular weight excluding hydrogens is 247 g/mol. The summed E-state index contributed by atoms with van der Waals surface area (Å²) in [4.78, 5) is 14.9. The summed E-state index contributed by atoms with van der Waals surface area (Å²) < 4.78 is 13.5. The second kappa shape index (κ2) is 5.84. The van der Waals surface area contributed by atoms with Gasteiger partial charge in [0.25, 0.3) is 5.91 Å². The Labute approximate surface area is 110 Å². The number of benzene rings is 1. The quantitative estimate of drug-likeness (QED) is 0.775. The SMILES string of the molecule is CC(CCCO)NC(=O)c1cc2c(F)cccc2[nH]1. The van der Waals surface area contributed by atoms with Crippen molar-refractivity contribution in [2.75, 3.05) is 6.61 Å². The van der Waals surface area contributed by atoms with Gasteiger partial charge in [-0.3, -0.25) is 4.79 Å². The molecule has 0 aliphatic carbocycles. The Morgan fingerprint density at radius 2 is 2.32 bits per heavy atom. The second-order valence-electron chi connectivity index (χ2n) is 4.62. The van der Waals surface area contributed by atoms with Gasteiger partial charge >= 0.3 is 0 Å². The van der Waals surface area contributed by atoms with Crippen LogP contribution in [-0.2, 0) is 0 Å². The number of hydrogen-bond acceptors (Lipinski definition) is 2. The first-order chi connectivity index (χ1) is 9.11. The first-order valence-electron chi connectivity index (χ1n) is 6.30. The number of carbonyl (C=O) groups excluding carboxylic acids is 1. The van der Waals surface area contributed by atoms with Gasteiger partial charge in [-0.2, -0.15) is 0 Å². The number of aromatic amines is 1. The van der Waals surface area contributed by atoms with Crippen LogP contribution >= 0.6 is 0 Å². The van der Waals surface area contributed by atoms with Crippen molar-refractivity contribution >= 4 is 16.8 Å². The lowest BCUT2D eigenvalue weighted by atomic mass is 10.2. The van der Waals surface area contributed by atoms with Gasteiger partial charge in [0.05, 0.1) is 0 Å². The van der Waals surface area contributed by atoms with E-state index in [0.717, 1.165) is 0 Å². The Morgan fingerprint density at radius 3 is 3.00 bits per heavy atom. The van der Waals surface area contributed by atoms with E-state index in [1.165, 1.54) is 12.1 Å². The number of aliphatic hydroxyl groups excluding tert-OH is 1. The van der Waals surface area contributed by atoms with E-state index in [-0.39, 0.29) is 24.4 Å². The summed E-state index contributed by atoms with van der Waals surface area (Å²) in [5.41, 5.74) is 0.948. The van der Waals surface area contributed by atoms with Gasteiger partial charge in [0, 0.05) is 23.6 Å². The molecule has 0 spiro atoms. The molecule has 1 aromatic carbocycles. The van der Waals surface area contributed by atoms with E-state index in [4.69, 9.17) is 5.11 Å². The maximum atomic E-state index is 13.5. The zero-order valence-electron chi connectivity index (χ0n) is 10.7. The molecule has 1 amide bonds. The lowest BCUT2D eigenvalue weighted by Crippen LogP contribution is -2.32. The van der Waals surface area contributed by atoms with Gasteiger partial charge < -0.3 is 15.4 Å². The smallest absolute Gasteiger partial charge is 0.267 e. The van der Waals surface area contributed by atoms with E-state index in [9.17, 15) is 9.18 Å². The molecule has 1 heterocycles. The normalized spacial score (nSPS) is 12.6. The Kier molecular flexibility index (Phi) is 4.16. The standard InChI is InChI=1S/C14H17FN2O2/c1-9(4-3-7-18)16-14(19)13-8-10-11(15)5-2-6-12(10)17-13/h2,5-6,8-9,17-18H,3-4,7H2,1H3,(H,16,19). The molecule has 102 valence electrons. The fraction of sp³-hybridized carbons (Fsp3) is 0.357. The number of aromatic nitrogens is 1. The third-order valence-electron chi connectivity index (χ3n) is 3.03. The van der Waals surface area contributed by atoms with Gasteiger partial charge in [-0.1, -0.05) is 6.07 Å². The van der Waals surface area contributed by atoms with Gasteiger partial charge in [0.1, 0.15) is 11.5 Å². The summed E-state index contributed by atoms with van der Waals surface area (Å²) in [6.45, 7) is 1.98. The number of amides is 1. The molecule has 0 fully saturated rings. The summed E-state index contributed by atoms with van der Waals surface area (Å²) >= 11 is 0. The molecule has 2 aromatic rings. The van der Waals surface area contributed by atoms with E-state index in [0.29, 0.717) is 29.4 Å². The molecule has 0 saturated heterocycles. The van der Waals surface area contributed by atoms with Crippen molar-refractivity contribution < 1.29 is 14.3 Å². The van der Waals surface area contributed by atoms with Crippen molar-refractivity contribution in [3.8, 4) is 0 Å². The van der Waals surface area contributed by atoms with Crippen molar-refractivity contribution in [3.05, 3.63) is 35.8 Å². The Hall–Kier alpha value is -1.88. The molecule has 5 heteroatoms. The average molecular weight is 264 g/mol. The topological polar surface area (TPSA) is 65.1 Å². The van der Waals surface area contributed by atoms with Crippen LogP contribution in [0.1, 0.15) is 30.3 Å². The predicted octanol–water partition coefficient (Wildman–Crippen LogP) is 2.20. The van der Waals surface area contributed by atoms with E-state index >= 15 is 0 Å². The van der Waals surface area contributed by atoms with Crippen molar-refractivity contribution in [3.63, 3.8) is 0 Å². The molecule has 1 atom stereocenters.